The van der Waals surface area contributed by atoms with Crippen molar-refractivity contribution >= 4 is 11.9 Å². The molecule has 0 amide bonds. The Labute approximate surface area is 156 Å². The zero-order chi connectivity index (χ0) is 15.8. The summed E-state index contributed by atoms with van der Waals surface area (Å²) in [6.07, 6.45) is 11.2. The topological polar surface area (TPSA) is 80.3 Å². The summed E-state index contributed by atoms with van der Waals surface area (Å²) in [5.41, 5.74) is -3.71. The van der Waals surface area contributed by atoms with Crippen LogP contribution in [0.25, 0.3) is 0 Å². The molecule has 0 heterocycles. The van der Waals surface area contributed by atoms with Gasteiger partial charge in [-0.15, -0.1) is 0 Å². The van der Waals surface area contributed by atoms with E-state index >= 15 is 0 Å². The van der Waals surface area contributed by atoms with Gasteiger partial charge in [0.2, 0.25) is 0 Å². The molecule has 0 N–H and O–H groups in total. The maximum absolute atomic E-state index is 11.7. The first-order chi connectivity index (χ1) is 9.38. The third-order valence-electron chi connectivity index (χ3n) is 3.08. The minimum atomic E-state index is -1.85. The maximum Gasteiger partial charge on any atom is 1.00 e. The van der Waals surface area contributed by atoms with Crippen molar-refractivity contribution in [2.45, 2.75) is 27.7 Å². The van der Waals surface area contributed by atoms with E-state index in [0.29, 0.717) is 0 Å². The molecule has 0 unspecified atom stereocenters. The minimum absolute atomic E-state index is 0. The van der Waals surface area contributed by atoms with E-state index in [1.165, 1.54) is 48.6 Å². The van der Waals surface area contributed by atoms with Gasteiger partial charge in [0.1, 0.15) is 0 Å². The van der Waals surface area contributed by atoms with Crippen molar-refractivity contribution in [2.75, 3.05) is 0 Å². The second kappa shape index (κ2) is 11.6. The van der Waals surface area contributed by atoms with Crippen LogP contribution >= 0.6 is 0 Å². The van der Waals surface area contributed by atoms with Gasteiger partial charge >= 0.3 is 37.7 Å². The van der Waals surface area contributed by atoms with Crippen molar-refractivity contribution in [1.82, 2.24) is 0 Å². The zero-order valence-electron chi connectivity index (χ0n) is 14.3. The Morgan fingerprint density at radius 3 is 0.909 bits per heavy atom. The van der Waals surface area contributed by atoms with E-state index in [1.54, 1.807) is 27.7 Å². The fraction of sp³-hybridized carbons (Fsp3) is 0.375. The molecule has 4 nitrogen and oxygen atoms in total. The van der Waals surface area contributed by atoms with Gasteiger partial charge in [-0.25, -0.2) is 0 Å². The number of aliphatic carboxylic acids is 2. The second-order valence-electron chi connectivity index (χ2n) is 4.31. The molecule has 0 spiro atoms. The molecular formula is C16H20Li2O4. The molecule has 0 rings (SSSR count). The van der Waals surface area contributed by atoms with Crippen LogP contribution in [0.15, 0.2) is 48.6 Å². The summed E-state index contributed by atoms with van der Waals surface area (Å²) in [6, 6.07) is 0. The molecule has 0 aliphatic rings. The number of carboxylic acid groups (broad SMARTS) is 2. The van der Waals surface area contributed by atoms with Crippen molar-refractivity contribution in [1.29, 1.82) is 0 Å². The Kier molecular flexibility index (Phi) is 13.8. The van der Waals surface area contributed by atoms with Crippen molar-refractivity contribution in [3.8, 4) is 0 Å². The summed E-state index contributed by atoms with van der Waals surface area (Å²) in [6.45, 7) is 6.47. The van der Waals surface area contributed by atoms with Crippen LogP contribution in [0.3, 0.4) is 0 Å². The molecule has 0 bridgehead atoms. The number of hydrogen-bond acceptors (Lipinski definition) is 4. The summed E-state index contributed by atoms with van der Waals surface area (Å²) < 4.78 is 0. The van der Waals surface area contributed by atoms with Gasteiger partial charge in [0.05, 0.1) is 22.8 Å². The Bertz CT molecular complexity index is 409. The molecule has 0 saturated heterocycles. The standard InChI is InChI=1S/C16H22O4.2Li/c1-5-9-15(10-6-2,13(17)18)16(11-7-3,12-8-4)14(19)20;;/h5-12H,1-4H3,(H,17,18)(H,19,20);;/q;2*+1/p-2/b9-5+,10-6+,11-7+,12-8+;;. The molecule has 110 valence electrons. The van der Waals surface area contributed by atoms with Crippen LogP contribution in [0.2, 0.25) is 0 Å². The molecule has 0 aliphatic carbocycles. The van der Waals surface area contributed by atoms with E-state index in [9.17, 15) is 19.8 Å². The molecule has 0 radical (unpaired) electrons. The van der Waals surface area contributed by atoms with Crippen LogP contribution in [0.5, 0.6) is 0 Å². The number of hydrogen-bond donors (Lipinski definition) is 0. The van der Waals surface area contributed by atoms with Gasteiger partial charge in [0.25, 0.3) is 0 Å². The van der Waals surface area contributed by atoms with Crippen molar-refractivity contribution in [2.24, 2.45) is 10.8 Å². The fourth-order valence-corrected chi connectivity index (χ4v) is 2.32. The molecule has 0 aromatic rings. The first kappa shape index (κ1) is 26.0. The van der Waals surface area contributed by atoms with Crippen LogP contribution < -0.4 is 47.9 Å². The predicted octanol–water partition coefficient (Wildman–Crippen LogP) is -5.23. The molecule has 0 aromatic heterocycles. The van der Waals surface area contributed by atoms with Crippen molar-refractivity contribution < 1.29 is 57.5 Å². The van der Waals surface area contributed by atoms with Crippen molar-refractivity contribution in [3.63, 3.8) is 0 Å². The Morgan fingerprint density at radius 2 is 0.818 bits per heavy atom. The van der Waals surface area contributed by atoms with E-state index < -0.39 is 22.8 Å². The van der Waals surface area contributed by atoms with Crippen LogP contribution in [0, 0.1) is 10.8 Å². The molecule has 22 heavy (non-hydrogen) atoms. The van der Waals surface area contributed by atoms with Gasteiger partial charge in [0, 0.05) is 0 Å². The Hall–Kier alpha value is -0.905. The summed E-state index contributed by atoms with van der Waals surface area (Å²) in [4.78, 5) is 23.5. The molecule has 6 heteroatoms. The van der Waals surface area contributed by atoms with E-state index in [2.05, 4.69) is 0 Å². The van der Waals surface area contributed by atoms with Crippen LogP contribution in [0.4, 0.5) is 0 Å². The molecule has 0 atom stereocenters. The number of carbonyl (C=O) groups excluding carboxylic acids is 2. The normalized spacial score (nSPS) is 12.7. The first-order valence-corrected chi connectivity index (χ1v) is 6.36. The van der Waals surface area contributed by atoms with Gasteiger partial charge in [-0.2, -0.15) is 0 Å². The average molecular weight is 290 g/mol. The van der Waals surface area contributed by atoms with Gasteiger partial charge in [-0.1, -0.05) is 48.6 Å². The fourth-order valence-electron chi connectivity index (χ4n) is 2.32. The Balaban J connectivity index is -0.00000180. The molecule has 0 aliphatic heterocycles. The zero-order valence-corrected chi connectivity index (χ0v) is 14.3. The predicted molar refractivity (Wildman–Crippen MR) is 74.1 cm³/mol. The SMILES string of the molecule is C/C=C/C(/C=C/C)(C(=O)[O-])C(/C=C/C)(/C=C/C)C(=O)[O-].[Li+].[Li+]. The average Bonchev–Trinajstić information content (AvgIpc) is 2.37. The van der Waals surface area contributed by atoms with Gasteiger partial charge < -0.3 is 19.8 Å². The smallest absolute Gasteiger partial charge is 0.549 e. The third-order valence-corrected chi connectivity index (χ3v) is 3.08. The van der Waals surface area contributed by atoms with Gasteiger partial charge in [-0.3, -0.25) is 0 Å². The quantitative estimate of drug-likeness (QED) is 0.347. The number of carboxylic acids is 2. The number of carbonyl (C=O) groups is 2. The number of allylic oxidation sites excluding steroid dienone is 4. The number of rotatable bonds is 7. The maximum atomic E-state index is 11.7. The molecule has 0 aromatic carbocycles. The first-order valence-electron chi connectivity index (χ1n) is 6.36. The minimum Gasteiger partial charge on any atom is -0.549 e. The summed E-state index contributed by atoms with van der Waals surface area (Å²) >= 11 is 0. The summed E-state index contributed by atoms with van der Waals surface area (Å²) in [7, 11) is 0. The second-order valence-corrected chi connectivity index (χ2v) is 4.31. The monoisotopic (exact) mass is 290 g/mol. The largest absolute Gasteiger partial charge is 1.00 e. The van der Waals surface area contributed by atoms with E-state index in [-0.39, 0.29) is 37.7 Å². The Morgan fingerprint density at radius 1 is 0.636 bits per heavy atom. The van der Waals surface area contributed by atoms with Gasteiger partial charge in [-0.05, 0) is 27.7 Å². The molecule has 0 saturated carbocycles. The third kappa shape index (κ3) is 4.80. The van der Waals surface area contributed by atoms with Gasteiger partial charge in [0.15, 0.2) is 0 Å². The van der Waals surface area contributed by atoms with Crippen LogP contribution in [-0.4, -0.2) is 11.9 Å². The summed E-state index contributed by atoms with van der Waals surface area (Å²) in [5, 5.41) is 23.5. The van der Waals surface area contributed by atoms with Crippen LogP contribution in [0.1, 0.15) is 27.7 Å². The van der Waals surface area contributed by atoms with E-state index in [1.807, 2.05) is 0 Å². The van der Waals surface area contributed by atoms with Crippen molar-refractivity contribution in [3.05, 3.63) is 48.6 Å². The van der Waals surface area contributed by atoms with Crippen LogP contribution in [-0.2, 0) is 9.59 Å². The molecular weight excluding hydrogens is 270 g/mol. The summed E-state index contributed by atoms with van der Waals surface area (Å²) in [5.74, 6) is -3.01. The van der Waals surface area contributed by atoms with E-state index in [0.717, 1.165) is 0 Å². The molecule has 0 fully saturated rings. The van der Waals surface area contributed by atoms with E-state index in [4.69, 9.17) is 0 Å².